The van der Waals surface area contributed by atoms with Crippen molar-refractivity contribution in [1.82, 2.24) is 5.32 Å². The van der Waals surface area contributed by atoms with E-state index >= 15 is 0 Å². The zero-order chi connectivity index (χ0) is 21.0. The number of hydrogen-bond donors (Lipinski definition) is 1. The van der Waals surface area contributed by atoms with Crippen LogP contribution in [0.3, 0.4) is 0 Å². The molecule has 0 bridgehead atoms. The summed E-state index contributed by atoms with van der Waals surface area (Å²) >= 11 is 6.06. The molecular formula is C23H21ClF3NO. The van der Waals surface area contributed by atoms with Crippen LogP contribution < -0.4 is 10.1 Å². The Morgan fingerprint density at radius 1 is 1.00 bits per heavy atom. The Hall–Kier alpha value is -2.50. The third-order valence-corrected chi connectivity index (χ3v) is 4.98. The fraction of sp³-hybridized carbons (Fsp3) is 0.217. The Morgan fingerprint density at radius 3 is 2.34 bits per heavy atom. The van der Waals surface area contributed by atoms with Gasteiger partial charge in [-0.3, -0.25) is 0 Å². The fourth-order valence-corrected chi connectivity index (χ4v) is 3.29. The molecule has 29 heavy (non-hydrogen) atoms. The zero-order valence-electron chi connectivity index (χ0n) is 16.1. The number of nitrogens with one attached hydrogen (secondary N) is 1. The van der Waals surface area contributed by atoms with Gasteiger partial charge in [0.2, 0.25) is 0 Å². The molecule has 0 amide bonds. The molecule has 0 saturated heterocycles. The van der Waals surface area contributed by atoms with Gasteiger partial charge in [0.15, 0.2) is 0 Å². The first-order valence-electron chi connectivity index (χ1n) is 9.11. The molecule has 0 saturated carbocycles. The summed E-state index contributed by atoms with van der Waals surface area (Å²) in [6.45, 7) is 2.64. The van der Waals surface area contributed by atoms with Crippen LogP contribution in [0.4, 0.5) is 13.2 Å². The summed E-state index contributed by atoms with van der Waals surface area (Å²) in [4.78, 5) is 0. The number of hydrogen-bond acceptors (Lipinski definition) is 2. The van der Waals surface area contributed by atoms with Gasteiger partial charge in [0.05, 0.1) is 12.7 Å². The van der Waals surface area contributed by atoms with E-state index in [1.807, 2.05) is 49.4 Å². The van der Waals surface area contributed by atoms with E-state index in [1.165, 1.54) is 12.1 Å². The Balaban J connectivity index is 1.80. The SMILES string of the molecule is COc1ccc(CN[C@H](C)c2cccc(Cl)c2)cc1-c1ccc(C(F)(F)F)cc1. The molecule has 1 atom stereocenters. The summed E-state index contributed by atoms with van der Waals surface area (Å²) in [6, 6.07) is 18.5. The Labute approximate surface area is 173 Å². The summed E-state index contributed by atoms with van der Waals surface area (Å²) in [5, 5.41) is 4.12. The highest BCUT2D eigenvalue weighted by Gasteiger charge is 2.30. The second-order valence-corrected chi connectivity index (χ2v) is 7.20. The second-order valence-electron chi connectivity index (χ2n) is 6.77. The van der Waals surface area contributed by atoms with Gasteiger partial charge in [-0.1, -0.05) is 41.9 Å². The van der Waals surface area contributed by atoms with Crippen molar-refractivity contribution in [2.45, 2.75) is 25.7 Å². The van der Waals surface area contributed by atoms with Crippen LogP contribution in [-0.2, 0) is 12.7 Å². The molecular weight excluding hydrogens is 399 g/mol. The van der Waals surface area contributed by atoms with E-state index in [-0.39, 0.29) is 6.04 Å². The molecule has 3 rings (SSSR count). The van der Waals surface area contributed by atoms with Gasteiger partial charge in [-0.05, 0) is 60.0 Å². The molecule has 0 unspecified atom stereocenters. The van der Waals surface area contributed by atoms with Gasteiger partial charge in [-0.15, -0.1) is 0 Å². The van der Waals surface area contributed by atoms with E-state index in [0.717, 1.165) is 28.8 Å². The maximum absolute atomic E-state index is 12.8. The molecule has 3 aromatic carbocycles. The number of rotatable bonds is 6. The average molecular weight is 420 g/mol. The maximum atomic E-state index is 12.8. The molecule has 0 radical (unpaired) electrons. The summed E-state index contributed by atoms with van der Waals surface area (Å²) in [5.74, 6) is 0.608. The van der Waals surface area contributed by atoms with Crippen molar-refractivity contribution in [1.29, 1.82) is 0 Å². The van der Waals surface area contributed by atoms with Gasteiger partial charge >= 0.3 is 6.18 Å². The van der Waals surface area contributed by atoms with Gasteiger partial charge in [0.25, 0.3) is 0 Å². The highest BCUT2D eigenvalue weighted by Crippen LogP contribution is 2.34. The van der Waals surface area contributed by atoms with Crippen LogP contribution in [0.5, 0.6) is 5.75 Å². The number of methoxy groups -OCH3 is 1. The number of ether oxygens (including phenoxy) is 1. The van der Waals surface area contributed by atoms with E-state index in [1.54, 1.807) is 7.11 Å². The smallest absolute Gasteiger partial charge is 0.416 e. The molecule has 2 nitrogen and oxygen atoms in total. The standard InChI is InChI=1S/C23H21ClF3NO/c1-15(18-4-3-5-20(24)13-18)28-14-16-6-11-22(29-2)21(12-16)17-7-9-19(10-8-17)23(25,26)27/h3-13,15,28H,14H2,1-2H3/t15-/m1/s1. The average Bonchev–Trinajstić information content (AvgIpc) is 2.71. The normalized spacial score (nSPS) is 12.6. The quantitative estimate of drug-likeness (QED) is 0.470. The lowest BCUT2D eigenvalue weighted by molar-refractivity contribution is -0.137. The summed E-state index contributed by atoms with van der Waals surface area (Å²) in [5.41, 5.74) is 2.81. The van der Waals surface area contributed by atoms with E-state index in [9.17, 15) is 13.2 Å². The fourth-order valence-electron chi connectivity index (χ4n) is 3.09. The minimum absolute atomic E-state index is 0.0883. The lowest BCUT2D eigenvalue weighted by atomic mass is 10.00. The van der Waals surface area contributed by atoms with Crippen molar-refractivity contribution < 1.29 is 17.9 Å². The third kappa shape index (κ3) is 5.31. The topological polar surface area (TPSA) is 21.3 Å². The van der Waals surface area contributed by atoms with Crippen LogP contribution in [-0.4, -0.2) is 7.11 Å². The first kappa shape index (κ1) is 21.2. The van der Waals surface area contributed by atoms with Gasteiger partial charge in [-0.2, -0.15) is 13.2 Å². The lowest BCUT2D eigenvalue weighted by Crippen LogP contribution is -2.18. The second kappa shape index (κ2) is 8.89. The summed E-state index contributed by atoms with van der Waals surface area (Å²) < 4.78 is 43.9. The molecule has 0 aliphatic heterocycles. The molecule has 0 spiro atoms. The molecule has 0 heterocycles. The molecule has 6 heteroatoms. The molecule has 1 N–H and O–H groups in total. The molecule has 0 fully saturated rings. The van der Waals surface area contributed by atoms with Crippen LogP contribution in [0.2, 0.25) is 5.02 Å². The Morgan fingerprint density at radius 2 is 1.72 bits per heavy atom. The van der Waals surface area contributed by atoms with Crippen LogP contribution in [0.25, 0.3) is 11.1 Å². The first-order chi connectivity index (χ1) is 13.8. The van der Waals surface area contributed by atoms with Crippen molar-refractivity contribution in [2.75, 3.05) is 7.11 Å². The van der Waals surface area contributed by atoms with Gasteiger partial charge < -0.3 is 10.1 Å². The molecule has 0 aliphatic rings. The van der Waals surface area contributed by atoms with Crippen LogP contribution in [0, 0.1) is 0 Å². The van der Waals surface area contributed by atoms with Crippen molar-refractivity contribution >= 4 is 11.6 Å². The van der Waals surface area contributed by atoms with Crippen LogP contribution in [0.15, 0.2) is 66.7 Å². The zero-order valence-corrected chi connectivity index (χ0v) is 16.8. The molecule has 152 valence electrons. The molecule has 3 aromatic rings. The van der Waals surface area contributed by atoms with E-state index in [0.29, 0.717) is 22.9 Å². The minimum atomic E-state index is -4.36. The first-order valence-corrected chi connectivity index (χ1v) is 9.49. The largest absolute Gasteiger partial charge is 0.496 e. The molecule has 0 aliphatic carbocycles. The maximum Gasteiger partial charge on any atom is 0.416 e. The molecule has 0 aromatic heterocycles. The number of alkyl halides is 3. The number of benzene rings is 3. The summed E-state index contributed by atoms with van der Waals surface area (Å²) in [7, 11) is 1.54. The Bertz CT molecular complexity index is 971. The van der Waals surface area contributed by atoms with Crippen molar-refractivity contribution in [2.24, 2.45) is 0 Å². The summed E-state index contributed by atoms with van der Waals surface area (Å²) in [6.07, 6.45) is -4.36. The van der Waals surface area contributed by atoms with Gasteiger partial charge in [-0.25, -0.2) is 0 Å². The van der Waals surface area contributed by atoms with E-state index in [2.05, 4.69) is 5.32 Å². The van der Waals surface area contributed by atoms with E-state index < -0.39 is 11.7 Å². The highest BCUT2D eigenvalue weighted by molar-refractivity contribution is 6.30. The third-order valence-electron chi connectivity index (χ3n) is 4.75. The van der Waals surface area contributed by atoms with Crippen molar-refractivity contribution in [3.8, 4) is 16.9 Å². The van der Waals surface area contributed by atoms with Crippen molar-refractivity contribution in [3.63, 3.8) is 0 Å². The number of halogens is 4. The predicted molar refractivity (Wildman–Crippen MR) is 110 cm³/mol. The van der Waals surface area contributed by atoms with Gasteiger partial charge in [0.1, 0.15) is 5.75 Å². The lowest BCUT2D eigenvalue weighted by Gasteiger charge is -2.16. The monoisotopic (exact) mass is 419 g/mol. The minimum Gasteiger partial charge on any atom is -0.496 e. The van der Waals surface area contributed by atoms with Gasteiger partial charge in [0, 0.05) is 23.2 Å². The predicted octanol–water partition coefficient (Wildman–Crippen LogP) is 6.89. The Kier molecular flexibility index (Phi) is 6.50. The van der Waals surface area contributed by atoms with E-state index in [4.69, 9.17) is 16.3 Å². The van der Waals surface area contributed by atoms with Crippen molar-refractivity contribution in [3.05, 3.63) is 88.4 Å². The van der Waals surface area contributed by atoms with Crippen LogP contribution in [0.1, 0.15) is 29.7 Å². The van der Waals surface area contributed by atoms with Crippen LogP contribution >= 0.6 is 11.6 Å². The highest BCUT2D eigenvalue weighted by atomic mass is 35.5.